The highest BCUT2D eigenvalue weighted by molar-refractivity contribution is 5.80. The number of aryl methyl sites for hydroxylation is 1. The van der Waals surface area contributed by atoms with Crippen LogP contribution in [0.25, 0.3) is 10.9 Å². The molecular formula is C13H14N2. The van der Waals surface area contributed by atoms with E-state index in [2.05, 4.69) is 11.1 Å². The van der Waals surface area contributed by atoms with Crippen LogP contribution in [0, 0.1) is 18.3 Å². The van der Waals surface area contributed by atoms with E-state index in [9.17, 15) is 0 Å². The van der Waals surface area contributed by atoms with Crippen LogP contribution in [0.3, 0.4) is 0 Å². The van der Waals surface area contributed by atoms with Crippen LogP contribution in [0.15, 0.2) is 30.5 Å². The molecule has 1 heterocycles. The highest BCUT2D eigenvalue weighted by Gasteiger charge is 1.96. The minimum absolute atomic E-state index is 0.680. The SMILES string of the molecule is CC.Cc1cnc2ccc(C#N)cc2c1. The van der Waals surface area contributed by atoms with E-state index in [1.807, 2.05) is 45.2 Å². The fourth-order valence-corrected chi connectivity index (χ4v) is 1.31. The molecule has 1 aromatic heterocycles. The molecule has 0 radical (unpaired) electrons. The minimum atomic E-state index is 0.680. The van der Waals surface area contributed by atoms with E-state index < -0.39 is 0 Å². The number of nitriles is 1. The number of rotatable bonds is 0. The third kappa shape index (κ3) is 2.54. The van der Waals surface area contributed by atoms with E-state index in [0.29, 0.717) is 5.56 Å². The van der Waals surface area contributed by atoms with Gasteiger partial charge in [0.1, 0.15) is 0 Å². The first-order valence-electron chi connectivity index (χ1n) is 5.06. The second kappa shape index (κ2) is 5.11. The van der Waals surface area contributed by atoms with Crippen LogP contribution in [0.4, 0.5) is 0 Å². The van der Waals surface area contributed by atoms with Gasteiger partial charge < -0.3 is 0 Å². The van der Waals surface area contributed by atoms with Crippen molar-refractivity contribution in [3.63, 3.8) is 0 Å². The van der Waals surface area contributed by atoms with Crippen molar-refractivity contribution in [2.45, 2.75) is 20.8 Å². The van der Waals surface area contributed by atoms with E-state index in [1.54, 1.807) is 6.07 Å². The lowest BCUT2D eigenvalue weighted by atomic mass is 10.1. The maximum Gasteiger partial charge on any atom is 0.0991 e. The molecule has 1 aromatic carbocycles. The molecule has 0 aliphatic heterocycles. The monoisotopic (exact) mass is 198 g/mol. The maximum atomic E-state index is 8.70. The standard InChI is InChI=1S/C11H8N2.C2H6/c1-8-4-10-5-9(6-12)2-3-11(10)13-7-8;1-2/h2-5,7H,1H3;1-2H3. The smallest absolute Gasteiger partial charge is 0.0991 e. The number of aromatic nitrogens is 1. The van der Waals surface area contributed by atoms with Crippen molar-refractivity contribution in [3.05, 3.63) is 41.6 Å². The topological polar surface area (TPSA) is 36.7 Å². The summed E-state index contributed by atoms with van der Waals surface area (Å²) in [7, 11) is 0. The van der Waals surface area contributed by atoms with Crippen LogP contribution in [0.2, 0.25) is 0 Å². The van der Waals surface area contributed by atoms with Gasteiger partial charge in [0.2, 0.25) is 0 Å². The first-order chi connectivity index (χ1) is 7.29. The fraction of sp³-hybridized carbons (Fsp3) is 0.231. The van der Waals surface area contributed by atoms with Crippen molar-refractivity contribution < 1.29 is 0 Å². The van der Waals surface area contributed by atoms with Gasteiger partial charge in [-0.05, 0) is 36.8 Å². The average Bonchev–Trinajstić information content (AvgIpc) is 2.30. The molecule has 0 saturated heterocycles. The lowest BCUT2D eigenvalue weighted by molar-refractivity contribution is 1.33. The number of hydrogen-bond donors (Lipinski definition) is 0. The van der Waals surface area contributed by atoms with Gasteiger partial charge in [0.05, 0.1) is 17.1 Å². The zero-order valence-electron chi connectivity index (χ0n) is 9.28. The highest BCUT2D eigenvalue weighted by atomic mass is 14.6. The molecule has 76 valence electrons. The van der Waals surface area contributed by atoms with Gasteiger partial charge in [-0.1, -0.05) is 13.8 Å². The van der Waals surface area contributed by atoms with E-state index in [1.165, 1.54) is 0 Å². The van der Waals surface area contributed by atoms with E-state index in [4.69, 9.17) is 5.26 Å². The molecule has 0 atom stereocenters. The highest BCUT2D eigenvalue weighted by Crippen LogP contribution is 2.14. The van der Waals surface area contributed by atoms with Gasteiger partial charge >= 0.3 is 0 Å². The Kier molecular flexibility index (Phi) is 3.82. The molecule has 2 aromatic rings. The van der Waals surface area contributed by atoms with Crippen molar-refractivity contribution in [1.29, 1.82) is 5.26 Å². The molecule has 0 fully saturated rings. The summed E-state index contributed by atoms with van der Waals surface area (Å²) in [6.45, 7) is 5.99. The quantitative estimate of drug-likeness (QED) is 0.650. The van der Waals surface area contributed by atoms with Gasteiger partial charge in [-0.25, -0.2) is 0 Å². The summed E-state index contributed by atoms with van der Waals surface area (Å²) in [5.74, 6) is 0. The van der Waals surface area contributed by atoms with E-state index in [0.717, 1.165) is 16.5 Å². The molecule has 2 nitrogen and oxygen atoms in total. The molecule has 2 rings (SSSR count). The predicted octanol–water partition coefficient (Wildman–Crippen LogP) is 3.44. The minimum Gasteiger partial charge on any atom is -0.256 e. The number of nitrogens with zero attached hydrogens (tertiary/aromatic N) is 2. The Bertz CT molecular complexity index is 495. The van der Waals surface area contributed by atoms with Gasteiger partial charge in [-0.15, -0.1) is 0 Å². The summed E-state index contributed by atoms with van der Waals surface area (Å²) in [5, 5.41) is 9.72. The normalized spacial score (nSPS) is 8.93. The summed E-state index contributed by atoms with van der Waals surface area (Å²) in [5.41, 5.74) is 2.73. The van der Waals surface area contributed by atoms with Crippen LogP contribution in [-0.4, -0.2) is 4.98 Å². The Labute approximate surface area is 90.2 Å². The maximum absolute atomic E-state index is 8.70. The Morgan fingerprint density at radius 1 is 1.20 bits per heavy atom. The van der Waals surface area contributed by atoms with Crippen molar-refractivity contribution in [1.82, 2.24) is 4.98 Å². The fourth-order valence-electron chi connectivity index (χ4n) is 1.31. The average molecular weight is 198 g/mol. The number of benzene rings is 1. The van der Waals surface area contributed by atoms with Gasteiger partial charge in [0.25, 0.3) is 0 Å². The van der Waals surface area contributed by atoms with Crippen molar-refractivity contribution >= 4 is 10.9 Å². The Hall–Kier alpha value is -1.88. The summed E-state index contributed by atoms with van der Waals surface area (Å²) < 4.78 is 0. The second-order valence-corrected chi connectivity index (χ2v) is 3.03. The van der Waals surface area contributed by atoms with Gasteiger partial charge in [-0.3, -0.25) is 4.98 Å². The van der Waals surface area contributed by atoms with Crippen LogP contribution < -0.4 is 0 Å². The summed E-state index contributed by atoms with van der Waals surface area (Å²) in [4.78, 5) is 4.25. The zero-order chi connectivity index (χ0) is 11.3. The molecule has 0 bridgehead atoms. The van der Waals surface area contributed by atoms with Crippen LogP contribution >= 0.6 is 0 Å². The Balaban J connectivity index is 0.000000531. The van der Waals surface area contributed by atoms with Gasteiger partial charge in [-0.2, -0.15) is 5.26 Å². The van der Waals surface area contributed by atoms with Crippen LogP contribution in [0.1, 0.15) is 25.0 Å². The number of fused-ring (bicyclic) bond motifs is 1. The van der Waals surface area contributed by atoms with Gasteiger partial charge in [0.15, 0.2) is 0 Å². The third-order valence-corrected chi connectivity index (χ3v) is 1.95. The molecule has 0 N–H and O–H groups in total. The molecule has 0 aliphatic rings. The summed E-state index contributed by atoms with van der Waals surface area (Å²) in [6.07, 6.45) is 1.83. The first kappa shape index (κ1) is 11.2. The summed E-state index contributed by atoms with van der Waals surface area (Å²) >= 11 is 0. The molecule has 0 saturated carbocycles. The molecule has 15 heavy (non-hydrogen) atoms. The van der Waals surface area contributed by atoms with Crippen molar-refractivity contribution in [2.75, 3.05) is 0 Å². The van der Waals surface area contributed by atoms with Crippen LogP contribution in [0.5, 0.6) is 0 Å². The number of hydrogen-bond acceptors (Lipinski definition) is 2. The largest absolute Gasteiger partial charge is 0.256 e. The lowest BCUT2D eigenvalue weighted by Crippen LogP contribution is -1.82. The van der Waals surface area contributed by atoms with E-state index in [-0.39, 0.29) is 0 Å². The van der Waals surface area contributed by atoms with Crippen molar-refractivity contribution in [2.24, 2.45) is 0 Å². The number of pyridine rings is 1. The Morgan fingerprint density at radius 2 is 1.93 bits per heavy atom. The molecular weight excluding hydrogens is 184 g/mol. The molecule has 0 aliphatic carbocycles. The zero-order valence-corrected chi connectivity index (χ0v) is 9.28. The molecule has 0 spiro atoms. The predicted molar refractivity (Wildman–Crippen MR) is 62.5 cm³/mol. The van der Waals surface area contributed by atoms with Gasteiger partial charge in [0, 0.05) is 11.6 Å². The molecule has 0 unspecified atom stereocenters. The third-order valence-electron chi connectivity index (χ3n) is 1.95. The van der Waals surface area contributed by atoms with E-state index >= 15 is 0 Å². The molecule has 0 amide bonds. The Morgan fingerprint density at radius 3 is 2.60 bits per heavy atom. The lowest BCUT2D eigenvalue weighted by Gasteiger charge is -1.98. The second-order valence-electron chi connectivity index (χ2n) is 3.03. The summed E-state index contributed by atoms with van der Waals surface area (Å²) in [6, 6.07) is 9.65. The molecule has 2 heteroatoms. The van der Waals surface area contributed by atoms with Crippen molar-refractivity contribution in [3.8, 4) is 6.07 Å². The first-order valence-corrected chi connectivity index (χ1v) is 5.06. The van der Waals surface area contributed by atoms with Crippen LogP contribution in [-0.2, 0) is 0 Å².